The van der Waals surface area contributed by atoms with E-state index in [9.17, 15) is 0 Å². The molecule has 9 aromatic rings. The van der Waals surface area contributed by atoms with Gasteiger partial charge in [0.2, 0.25) is 0 Å². The molecule has 0 radical (unpaired) electrons. The molecule has 76 heavy (non-hydrogen) atoms. The van der Waals surface area contributed by atoms with Gasteiger partial charge >= 0.3 is 25.8 Å². The van der Waals surface area contributed by atoms with Crippen molar-refractivity contribution in [3.63, 3.8) is 0 Å². The second-order valence-electron chi connectivity index (χ2n) is 17.8. The molecule has 0 aliphatic heterocycles. The number of hydrogen-bond acceptors (Lipinski definition) is 9. The van der Waals surface area contributed by atoms with E-state index in [4.69, 9.17) is 40.7 Å². The van der Waals surface area contributed by atoms with Crippen LogP contribution < -0.4 is 40.7 Å². The molecule has 0 saturated heterocycles. The van der Waals surface area contributed by atoms with Crippen molar-refractivity contribution < 1.29 is 57.2 Å². The van der Waals surface area contributed by atoms with Crippen molar-refractivity contribution in [3.05, 3.63) is 268 Å². The Morgan fingerprint density at radius 3 is 0.382 bits per heavy atom. The maximum absolute atomic E-state index is 6.00. The van der Waals surface area contributed by atoms with Gasteiger partial charge in [-0.3, -0.25) is 0 Å². The van der Waals surface area contributed by atoms with Crippen LogP contribution in [-0.2, 0) is 16.5 Å². The third-order valence-corrected chi connectivity index (χ3v) is 13.8. The summed E-state index contributed by atoms with van der Waals surface area (Å²) in [5, 5.41) is 0. The Kier molecular flexibility index (Phi) is 22.9. The van der Waals surface area contributed by atoms with Crippen molar-refractivity contribution in [2.24, 2.45) is 0 Å². The standard InChI is InChI=1S/3C21H21O3P.Ni/c3*1-16-7-4-10-19(13-16)22-25(23-20-11-5-8-17(2)14-20)24-21-12-6-9-18(3)15-21;/h3*4-15H,1-3H3;. The molecule has 0 heterocycles. The fraction of sp³-hybridized carbons (Fsp3) is 0.143. The molecule has 0 N–H and O–H groups in total. The topological polar surface area (TPSA) is 83.1 Å². The maximum atomic E-state index is 6.00. The van der Waals surface area contributed by atoms with Gasteiger partial charge in [-0.2, -0.15) is 0 Å². The van der Waals surface area contributed by atoms with Gasteiger partial charge in [0.1, 0.15) is 51.7 Å². The molecule has 394 valence electrons. The van der Waals surface area contributed by atoms with Crippen LogP contribution in [0.3, 0.4) is 0 Å². The van der Waals surface area contributed by atoms with Gasteiger partial charge in [0.05, 0.1) is 0 Å². The number of aryl methyl sites for hydroxylation is 9. The molecule has 0 spiro atoms. The smallest absolute Gasteiger partial charge is 0.408 e. The Hall–Kier alpha value is -7.04. The van der Waals surface area contributed by atoms with Crippen molar-refractivity contribution in [2.45, 2.75) is 62.3 Å². The predicted octanol–water partition coefficient (Wildman–Crippen LogP) is 19.1. The molecule has 9 rings (SSSR count). The van der Waals surface area contributed by atoms with Crippen LogP contribution in [0.15, 0.2) is 218 Å². The van der Waals surface area contributed by atoms with Crippen LogP contribution in [0.4, 0.5) is 0 Å². The molecule has 9 aromatic carbocycles. The molecule has 0 amide bonds. The molecule has 0 saturated carbocycles. The Morgan fingerprint density at radius 2 is 0.289 bits per heavy atom. The second-order valence-corrected chi connectivity index (χ2v) is 20.8. The molecular formula is C63H63NiO9P3. The van der Waals surface area contributed by atoms with Crippen LogP contribution in [0, 0.1) is 62.3 Å². The Morgan fingerprint density at radius 1 is 0.184 bits per heavy atom. The largest absolute Gasteiger partial charge is 0.530 e. The first kappa shape index (κ1) is 58.2. The summed E-state index contributed by atoms with van der Waals surface area (Å²) >= 11 is 0. The summed E-state index contributed by atoms with van der Waals surface area (Å²) in [6.45, 7) is 18.2. The molecule has 0 aromatic heterocycles. The van der Waals surface area contributed by atoms with Crippen molar-refractivity contribution in [2.75, 3.05) is 0 Å². The minimum absolute atomic E-state index is 0. The monoisotopic (exact) mass is 1110 g/mol. The average Bonchev–Trinajstić information content (AvgIpc) is 3.35. The first-order chi connectivity index (χ1) is 36.2. The summed E-state index contributed by atoms with van der Waals surface area (Å²) in [5.74, 6) is 6.55. The van der Waals surface area contributed by atoms with Crippen LogP contribution in [0.2, 0.25) is 0 Å². The van der Waals surface area contributed by atoms with Gasteiger partial charge in [0.25, 0.3) is 0 Å². The molecule has 0 fully saturated rings. The Labute approximate surface area is 463 Å². The van der Waals surface area contributed by atoms with Gasteiger partial charge in [-0.1, -0.05) is 109 Å². The summed E-state index contributed by atoms with van der Waals surface area (Å²) in [7, 11) is -4.88. The van der Waals surface area contributed by atoms with Gasteiger partial charge in [-0.25, -0.2) is 0 Å². The van der Waals surface area contributed by atoms with Gasteiger partial charge in [0.15, 0.2) is 0 Å². The molecule has 0 bridgehead atoms. The van der Waals surface area contributed by atoms with Crippen LogP contribution in [-0.4, -0.2) is 0 Å². The molecule has 0 unspecified atom stereocenters. The summed E-state index contributed by atoms with van der Waals surface area (Å²) in [6.07, 6.45) is 0. The van der Waals surface area contributed by atoms with E-state index in [1.165, 1.54) is 0 Å². The van der Waals surface area contributed by atoms with E-state index in [2.05, 4.69) is 0 Å². The van der Waals surface area contributed by atoms with Crippen LogP contribution >= 0.6 is 25.8 Å². The van der Waals surface area contributed by atoms with Gasteiger partial charge in [-0.05, 0) is 222 Å². The van der Waals surface area contributed by atoms with Gasteiger partial charge in [0, 0.05) is 16.5 Å². The first-order valence-electron chi connectivity index (χ1n) is 24.4. The zero-order valence-corrected chi connectivity index (χ0v) is 47.8. The maximum Gasteiger partial charge on any atom is 0.530 e. The van der Waals surface area contributed by atoms with E-state index >= 15 is 0 Å². The minimum atomic E-state index is -1.63. The molecule has 0 aliphatic rings. The SMILES string of the molecule is Cc1cccc(OP(Oc2cccc(C)c2)Oc2cccc(C)c2)c1.Cc1cccc(OP(Oc2cccc(C)c2)Oc2cccc(C)c2)c1.Cc1cccc(OP(Oc2cccc(C)c2)Oc2cccc(C)c2)c1.[Ni]. The van der Waals surface area contributed by atoms with E-state index in [0.717, 1.165) is 102 Å². The number of hydrogen-bond donors (Lipinski definition) is 0. The third-order valence-electron chi connectivity index (χ3n) is 10.5. The normalized spacial score (nSPS) is 10.4. The number of benzene rings is 9. The zero-order valence-electron chi connectivity index (χ0n) is 44.1. The molecule has 9 nitrogen and oxygen atoms in total. The van der Waals surface area contributed by atoms with E-state index in [1.807, 2.05) is 281 Å². The van der Waals surface area contributed by atoms with E-state index in [-0.39, 0.29) is 16.5 Å². The molecule has 0 atom stereocenters. The van der Waals surface area contributed by atoms with Crippen molar-refractivity contribution >= 4 is 25.8 Å². The Balaban J connectivity index is 0.000000184. The van der Waals surface area contributed by atoms with Crippen LogP contribution in [0.5, 0.6) is 51.7 Å². The molecule has 13 heteroatoms. The van der Waals surface area contributed by atoms with Crippen LogP contribution in [0.25, 0.3) is 0 Å². The average molecular weight is 1120 g/mol. The Bertz CT molecular complexity index is 2550. The van der Waals surface area contributed by atoms with E-state index in [0.29, 0.717) is 0 Å². The summed E-state index contributed by atoms with van der Waals surface area (Å²) in [6, 6.07) is 70.7. The summed E-state index contributed by atoms with van der Waals surface area (Å²) < 4.78 is 54.0. The first-order valence-corrected chi connectivity index (χ1v) is 27.7. The summed E-state index contributed by atoms with van der Waals surface area (Å²) in [5.41, 5.74) is 10.1. The fourth-order valence-corrected chi connectivity index (χ4v) is 9.90. The van der Waals surface area contributed by atoms with Crippen LogP contribution in [0.1, 0.15) is 50.1 Å². The second kappa shape index (κ2) is 29.9. The predicted molar refractivity (Wildman–Crippen MR) is 307 cm³/mol. The zero-order chi connectivity index (χ0) is 52.9. The van der Waals surface area contributed by atoms with Gasteiger partial charge < -0.3 is 40.7 Å². The third kappa shape index (κ3) is 20.6. The number of rotatable bonds is 18. The van der Waals surface area contributed by atoms with Crippen molar-refractivity contribution in [1.82, 2.24) is 0 Å². The molecular weight excluding hydrogens is 1050 g/mol. The van der Waals surface area contributed by atoms with E-state index in [1.54, 1.807) is 0 Å². The molecule has 0 aliphatic carbocycles. The fourth-order valence-electron chi connectivity index (χ4n) is 6.99. The van der Waals surface area contributed by atoms with Gasteiger partial charge in [-0.15, -0.1) is 0 Å². The summed E-state index contributed by atoms with van der Waals surface area (Å²) in [4.78, 5) is 0. The van der Waals surface area contributed by atoms with Crippen molar-refractivity contribution in [1.29, 1.82) is 0 Å². The van der Waals surface area contributed by atoms with E-state index < -0.39 is 25.8 Å². The van der Waals surface area contributed by atoms with Crippen molar-refractivity contribution in [3.8, 4) is 51.7 Å². The minimum Gasteiger partial charge on any atom is -0.408 e. The quantitative estimate of drug-likeness (QED) is 0.0616.